The first-order chi connectivity index (χ1) is 11.0. The standard InChI is InChI=1S/C17H19N5O/c1-12-10-16(20-21(12)3)17(23)19-11-14-4-6-15(7-5-14)22-9-8-18-13(22)2/h4-10H,11H2,1-3H3,(H,19,23). The predicted octanol–water partition coefficient (Wildman–Crippen LogP) is 2.15. The smallest absolute Gasteiger partial charge is 0.272 e. The summed E-state index contributed by atoms with van der Waals surface area (Å²) in [4.78, 5) is 16.3. The van der Waals surface area contributed by atoms with Crippen LogP contribution < -0.4 is 5.32 Å². The minimum Gasteiger partial charge on any atom is -0.347 e. The van der Waals surface area contributed by atoms with E-state index >= 15 is 0 Å². The van der Waals surface area contributed by atoms with E-state index in [0.717, 1.165) is 22.8 Å². The van der Waals surface area contributed by atoms with Crippen molar-refractivity contribution in [3.8, 4) is 5.69 Å². The molecule has 0 bridgehead atoms. The van der Waals surface area contributed by atoms with E-state index in [1.54, 1.807) is 16.9 Å². The number of carbonyl (C=O) groups excluding carboxylic acids is 1. The Balaban J connectivity index is 1.65. The van der Waals surface area contributed by atoms with Gasteiger partial charge in [-0.2, -0.15) is 5.10 Å². The highest BCUT2D eigenvalue weighted by Gasteiger charge is 2.10. The number of imidazole rings is 1. The Morgan fingerprint density at radius 1 is 1.22 bits per heavy atom. The Hall–Kier alpha value is -2.89. The van der Waals surface area contributed by atoms with Crippen LogP contribution in [-0.4, -0.2) is 25.2 Å². The van der Waals surface area contributed by atoms with Crippen molar-refractivity contribution < 1.29 is 4.79 Å². The molecule has 0 aliphatic heterocycles. The van der Waals surface area contributed by atoms with E-state index in [2.05, 4.69) is 15.4 Å². The van der Waals surface area contributed by atoms with Crippen molar-refractivity contribution in [2.24, 2.45) is 7.05 Å². The van der Waals surface area contributed by atoms with Crippen LogP contribution in [0.4, 0.5) is 0 Å². The summed E-state index contributed by atoms with van der Waals surface area (Å²) in [5, 5.41) is 7.06. The van der Waals surface area contributed by atoms with Crippen LogP contribution in [-0.2, 0) is 13.6 Å². The second kappa shape index (κ2) is 6.08. The fraction of sp³-hybridized carbons (Fsp3) is 0.235. The molecule has 0 atom stereocenters. The van der Waals surface area contributed by atoms with Gasteiger partial charge in [0.15, 0.2) is 0 Å². The molecule has 23 heavy (non-hydrogen) atoms. The monoisotopic (exact) mass is 309 g/mol. The largest absolute Gasteiger partial charge is 0.347 e. The number of nitrogens with zero attached hydrogens (tertiary/aromatic N) is 4. The summed E-state index contributed by atoms with van der Waals surface area (Å²) in [6.45, 7) is 4.35. The topological polar surface area (TPSA) is 64.7 Å². The normalized spacial score (nSPS) is 10.7. The zero-order valence-electron chi connectivity index (χ0n) is 13.4. The third-order valence-electron chi connectivity index (χ3n) is 3.84. The number of aryl methyl sites for hydroxylation is 3. The lowest BCUT2D eigenvalue weighted by Gasteiger charge is -2.07. The van der Waals surface area contributed by atoms with Gasteiger partial charge in [-0.05, 0) is 37.6 Å². The first kappa shape index (κ1) is 15.0. The molecule has 6 heteroatoms. The molecule has 3 aromatic rings. The minimum atomic E-state index is -0.164. The van der Waals surface area contributed by atoms with Gasteiger partial charge in [-0.15, -0.1) is 0 Å². The number of aromatic nitrogens is 4. The summed E-state index contributed by atoms with van der Waals surface area (Å²) >= 11 is 0. The van der Waals surface area contributed by atoms with Crippen molar-refractivity contribution >= 4 is 5.91 Å². The minimum absolute atomic E-state index is 0.164. The molecular weight excluding hydrogens is 290 g/mol. The number of carbonyl (C=O) groups is 1. The molecule has 1 amide bonds. The van der Waals surface area contributed by atoms with Crippen LogP contribution >= 0.6 is 0 Å². The molecule has 3 rings (SSSR count). The average Bonchev–Trinajstić information content (AvgIpc) is 3.12. The molecule has 0 spiro atoms. The number of nitrogens with one attached hydrogen (secondary N) is 1. The first-order valence-corrected chi connectivity index (χ1v) is 7.42. The Morgan fingerprint density at radius 3 is 2.52 bits per heavy atom. The molecule has 0 unspecified atom stereocenters. The highest BCUT2D eigenvalue weighted by Crippen LogP contribution is 2.12. The maximum Gasteiger partial charge on any atom is 0.272 e. The van der Waals surface area contributed by atoms with E-state index in [1.807, 2.05) is 55.9 Å². The molecule has 1 aromatic carbocycles. The molecule has 0 fully saturated rings. The Kier molecular flexibility index (Phi) is 3.97. The maximum absolute atomic E-state index is 12.1. The molecule has 2 heterocycles. The van der Waals surface area contributed by atoms with Gasteiger partial charge in [-0.1, -0.05) is 12.1 Å². The van der Waals surface area contributed by atoms with Gasteiger partial charge >= 0.3 is 0 Å². The molecule has 1 N–H and O–H groups in total. The highest BCUT2D eigenvalue weighted by atomic mass is 16.1. The van der Waals surface area contributed by atoms with Crippen LogP contribution in [0, 0.1) is 13.8 Å². The van der Waals surface area contributed by atoms with Crippen LogP contribution in [0.1, 0.15) is 27.6 Å². The van der Waals surface area contributed by atoms with Crippen LogP contribution in [0.3, 0.4) is 0 Å². The van der Waals surface area contributed by atoms with Gasteiger partial charge < -0.3 is 9.88 Å². The number of hydrogen-bond donors (Lipinski definition) is 1. The number of amides is 1. The average molecular weight is 309 g/mol. The van der Waals surface area contributed by atoms with Gasteiger partial charge in [0.25, 0.3) is 5.91 Å². The highest BCUT2D eigenvalue weighted by molar-refractivity contribution is 5.92. The molecule has 118 valence electrons. The van der Waals surface area contributed by atoms with E-state index in [9.17, 15) is 4.79 Å². The molecule has 0 aliphatic rings. The van der Waals surface area contributed by atoms with Crippen molar-refractivity contribution in [1.29, 1.82) is 0 Å². The summed E-state index contributed by atoms with van der Waals surface area (Å²) in [6.07, 6.45) is 3.70. The summed E-state index contributed by atoms with van der Waals surface area (Å²) in [5.74, 6) is 0.778. The first-order valence-electron chi connectivity index (χ1n) is 7.42. The fourth-order valence-corrected chi connectivity index (χ4v) is 2.37. The van der Waals surface area contributed by atoms with Crippen molar-refractivity contribution in [2.45, 2.75) is 20.4 Å². The van der Waals surface area contributed by atoms with E-state index in [4.69, 9.17) is 0 Å². The van der Waals surface area contributed by atoms with Gasteiger partial charge in [0.2, 0.25) is 0 Å². The van der Waals surface area contributed by atoms with Crippen LogP contribution in [0.5, 0.6) is 0 Å². The predicted molar refractivity (Wildman–Crippen MR) is 87.4 cm³/mol. The molecule has 0 saturated carbocycles. The molecular formula is C17H19N5O. The lowest BCUT2D eigenvalue weighted by molar-refractivity contribution is 0.0945. The van der Waals surface area contributed by atoms with E-state index < -0.39 is 0 Å². The summed E-state index contributed by atoms with van der Waals surface area (Å²) < 4.78 is 3.70. The van der Waals surface area contributed by atoms with Gasteiger partial charge in [0.1, 0.15) is 11.5 Å². The van der Waals surface area contributed by atoms with Crippen molar-refractivity contribution in [2.75, 3.05) is 0 Å². The van der Waals surface area contributed by atoms with E-state index in [-0.39, 0.29) is 5.91 Å². The van der Waals surface area contributed by atoms with Crippen molar-refractivity contribution in [3.63, 3.8) is 0 Å². The van der Waals surface area contributed by atoms with Crippen LogP contribution in [0.15, 0.2) is 42.7 Å². The fourth-order valence-electron chi connectivity index (χ4n) is 2.37. The zero-order valence-corrected chi connectivity index (χ0v) is 13.4. The third kappa shape index (κ3) is 3.15. The summed E-state index contributed by atoms with van der Waals surface area (Å²) in [5.41, 5.74) is 3.48. The SMILES string of the molecule is Cc1nccn1-c1ccc(CNC(=O)c2cc(C)n(C)n2)cc1. The number of hydrogen-bond acceptors (Lipinski definition) is 3. The van der Waals surface area contributed by atoms with Gasteiger partial charge in [0.05, 0.1) is 0 Å². The van der Waals surface area contributed by atoms with Crippen LogP contribution in [0.2, 0.25) is 0 Å². The summed E-state index contributed by atoms with van der Waals surface area (Å²) in [7, 11) is 1.82. The van der Waals surface area contributed by atoms with E-state index in [0.29, 0.717) is 12.2 Å². The Labute approximate surface area is 134 Å². The molecule has 0 aliphatic carbocycles. The lowest BCUT2D eigenvalue weighted by Crippen LogP contribution is -2.23. The van der Waals surface area contributed by atoms with Gasteiger partial charge in [0, 0.05) is 37.4 Å². The Bertz CT molecular complexity index is 810. The molecule has 6 nitrogen and oxygen atoms in total. The maximum atomic E-state index is 12.1. The van der Waals surface area contributed by atoms with Crippen molar-refractivity contribution in [1.82, 2.24) is 24.6 Å². The zero-order chi connectivity index (χ0) is 16.4. The van der Waals surface area contributed by atoms with E-state index in [1.165, 1.54) is 0 Å². The second-order valence-corrected chi connectivity index (χ2v) is 5.49. The number of rotatable bonds is 4. The third-order valence-corrected chi connectivity index (χ3v) is 3.84. The Morgan fingerprint density at radius 2 is 1.96 bits per heavy atom. The van der Waals surface area contributed by atoms with Gasteiger partial charge in [-0.25, -0.2) is 4.98 Å². The van der Waals surface area contributed by atoms with Crippen LogP contribution in [0.25, 0.3) is 5.69 Å². The van der Waals surface area contributed by atoms with Gasteiger partial charge in [-0.3, -0.25) is 9.48 Å². The summed E-state index contributed by atoms with van der Waals surface area (Å²) in [6, 6.07) is 9.81. The molecule has 0 saturated heterocycles. The van der Waals surface area contributed by atoms with Crippen molar-refractivity contribution in [3.05, 3.63) is 65.5 Å². The lowest BCUT2D eigenvalue weighted by atomic mass is 10.2. The number of benzene rings is 1. The quantitative estimate of drug-likeness (QED) is 0.803. The second-order valence-electron chi connectivity index (χ2n) is 5.49. The molecule has 0 radical (unpaired) electrons. The molecule has 2 aromatic heterocycles.